The number of nitrogen functional groups attached to an aromatic ring is 1. The Morgan fingerprint density at radius 1 is 0.846 bits per heavy atom. The van der Waals surface area contributed by atoms with Gasteiger partial charge in [0.2, 0.25) is 0 Å². The predicted octanol–water partition coefficient (Wildman–Crippen LogP) is 3.33. The molecule has 1 saturated heterocycles. The second-order valence-corrected chi connectivity index (χ2v) is 6.51. The summed E-state index contributed by atoms with van der Waals surface area (Å²) in [4.78, 5) is 28.8. The molecule has 1 aliphatic rings. The zero-order chi connectivity index (χ0) is 17.8. The third-order valence-corrected chi connectivity index (χ3v) is 4.51. The smallest absolute Gasteiger partial charge is 0.253 e. The first-order valence-corrected chi connectivity index (χ1v) is 8.62. The molecule has 5 nitrogen and oxygen atoms in total. The molecule has 1 heterocycles. The highest BCUT2D eigenvalue weighted by Crippen LogP contribution is 2.16. The van der Waals surface area contributed by atoms with Crippen LogP contribution in [0.15, 0.2) is 48.5 Å². The molecular formula is C19H21Cl2N3O2. The van der Waals surface area contributed by atoms with Crippen molar-refractivity contribution in [1.82, 2.24) is 9.80 Å². The highest BCUT2D eigenvalue weighted by atomic mass is 35.5. The number of carbonyl (C=O) groups is 2. The molecule has 2 amide bonds. The zero-order valence-electron chi connectivity index (χ0n) is 14.2. The largest absolute Gasteiger partial charge is 0.399 e. The molecule has 3 rings (SSSR count). The number of rotatable bonds is 2. The van der Waals surface area contributed by atoms with E-state index in [1.54, 1.807) is 58.3 Å². The molecule has 0 bridgehead atoms. The van der Waals surface area contributed by atoms with Crippen molar-refractivity contribution in [1.29, 1.82) is 0 Å². The van der Waals surface area contributed by atoms with Crippen LogP contribution in [-0.4, -0.2) is 47.8 Å². The molecule has 2 aromatic rings. The summed E-state index contributed by atoms with van der Waals surface area (Å²) in [7, 11) is 0. The summed E-state index contributed by atoms with van der Waals surface area (Å²) < 4.78 is 0. The van der Waals surface area contributed by atoms with Gasteiger partial charge in [-0.25, -0.2) is 0 Å². The van der Waals surface area contributed by atoms with E-state index >= 15 is 0 Å². The number of hydrogen-bond donors (Lipinski definition) is 1. The first-order chi connectivity index (χ1) is 12.0. The van der Waals surface area contributed by atoms with E-state index in [-0.39, 0.29) is 24.2 Å². The lowest BCUT2D eigenvalue weighted by Crippen LogP contribution is -2.37. The van der Waals surface area contributed by atoms with E-state index in [4.69, 9.17) is 17.3 Å². The summed E-state index contributed by atoms with van der Waals surface area (Å²) in [6, 6.07) is 13.9. The molecule has 1 fully saturated rings. The Kier molecular flexibility index (Phi) is 6.89. The maximum atomic E-state index is 12.6. The molecule has 138 valence electrons. The minimum atomic E-state index is -0.0549. The second-order valence-electron chi connectivity index (χ2n) is 6.07. The van der Waals surface area contributed by atoms with Crippen LogP contribution in [0.2, 0.25) is 5.02 Å². The fourth-order valence-corrected chi connectivity index (χ4v) is 3.17. The molecule has 0 atom stereocenters. The maximum absolute atomic E-state index is 12.6. The second kappa shape index (κ2) is 8.92. The Morgan fingerprint density at radius 2 is 1.38 bits per heavy atom. The number of halogens is 2. The van der Waals surface area contributed by atoms with E-state index in [1.807, 2.05) is 0 Å². The first-order valence-electron chi connectivity index (χ1n) is 8.24. The Morgan fingerprint density at radius 3 is 1.92 bits per heavy atom. The molecule has 0 unspecified atom stereocenters. The van der Waals surface area contributed by atoms with Crippen LogP contribution in [0.25, 0.3) is 0 Å². The molecular weight excluding hydrogens is 373 g/mol. The van der Waals surface area contributed by atoms with Crippen LogP contribution in [0.4, 0.5) is 5.69 Å². The predicted molar refractivity (Wildman–Crippen MR) is 106 cm³/mol. The van der Waals surface area contributed by atoms with Gasteiger partial charge in [0.15, 0.2) is 0 Å². The van der Waals surface area contributed by atoms with Crippen molar-refractivity contribution >= 4 is 41.5 Å². The van der Waals surface area contributed by atoms with Gasteiger partial charge in [-0.2, -0.15) is 0 Å². The van der Waals surface area contributed by atoms with E-state index in [0.717, 1.165) is 6.42 Å². The number of benzene rings is 2. The summed E-state index contributed by atoms with van der Waals surface area (Å²) in [5, 5.41) is 0.541. The van der Waals surface area contributed by atoms with Crippen LogP contribution in [0.1, 0.15) is 27.1 Å². The van der Waals surface area contributed by atoms with E-state index in [9.17, 15) is 9.59 Å². The SMILES string of the molecule is Cl.Nc1cccc(C(=O)N2CCCN(C(=O)c3cccc(Cl)c3)CC2)c1. The Bertz CT molecular complexity index is 732. The van der Waals surface area contributed by atoms with Gasteiger partial charge in [-0.05, 0) is 42.8 Å². The fourth-order valence-electron chi connectivity index (χ4n) is 2.98. The number of nitrogens with two attached hydrogens (primary N) is 1. The van der Waals surface area contributed by atoms with Gasteiger partial charge in [0.1, 0.15) is 0 Å². The first kappa shape index (κ1) is 20.1. The number of hydrogen-bond acceptors (Lipinski definition) is 3. The van der Waals surface area contributed by atoms with Crippen LogP contribution < -0.4 is 5.73 Å². The van der Waals surface area contributed by atoms with Gasteiger partial charge in [-0.3, -0.25) is 9.59 Å². The lowest BCUT2D eigenvalue weighted by Gasteiger charge is -2.22. The quantitative estimate of drug-likeness (QED) is 0.795. The van der Waals surface area contributed by atoms with Gasteiger partial charge in [0, 0.05) is 48.0 Å². The molecule has 7 heteroatoms. The molecule has 2 N–H and O–H groups in total. The molecule has 0 saturated carbocycles. The van der Waals surface area contributed by atoms with Crippen LogP contribution in [0.5, 0.6) is 0 Å². The third-order valence-electron chi connectivity index (χ3n) is 4.28. The maximum Gasteiger partial charge on any atom is 0.253 e. The van der Waals surface area contributed by atoms with Crippen molar-refractivity contribution in [2.24, 2.45) is 0 Å². The van der Waals surface area contributed by atoms with Crippen molar-refractivity contribution in [2.45, 2.75) is 6.42 Å². The van der Waals surface area contributed by atoms with Crippen LogP contribution in [-0.2, 0) is 0 Å². The molecule has 1 aliphatic heterocycles. The molecule has 0 aromatic heterocycles. The average Bonchev–Trinajstić information content (AvgIpc) is 2.86. The van der Waals surface area contributed by atoms with E-state index < -0.39 is 0 Å². The molecule has 0 aliphatic carbocycles. The van der Waals surface area contributed by atoms with Gasteiger partial charge in [-0.15, -0.1) is 12.4 Å². The number of nitrogens with zero attached hydrogens (tertiary/aromatic N) is 2. The molecule has 2 aromatic carbocycles. The average molecular weight is 394 g/mol. The normalized spacial score (nSPS) is 14.3. The van der Waals surface area contributed by atoms with Crippen molar-refractivity contribution in [3.63, 3.8) is 0 Å². The Labute approximate surface area is 164 Å². The van der Waals surface area contributed by atoms with Crippen LogP contribution in [0, 0.1) is 0 Å². The number of carbonyl (C=O) groups excluding carboxylic acids is 2. The van der Waals surface area contributed by atoms with E-state index in [0.29, 0.717) is 48.0 Å². The topological polar surface area (TPSA) is 66.6 Å². The Balaban J connectivity index is 0.00000243. The summed E-state index contributed by atoms with van der Waals surface area (Å²) in [6.07, 6.45) is 0.736. The van der Waals surface area contributed by atoms with Gasteiger partial charge >= 0.3 is 0 Å². The zero-order valence-corrected chi connectivity index (χ0v) is 15.8. The summed E-state index contributed by atoms with van der Waals surface area (Å²) >= 11 is 5.97. The Hall–Kier alpha value is -2.24. The number of anilines is 1. The fraction of sp³-hybridized carbons (Fsp3) is 0.263. The van der Waals surface area contributed by atoms with Gasteiger partial charge in [0.05, 0.1) is 0 Å². The molecule has 0 radical (unpaired) electrons. The van der Waals surface area contributed by atoms with Crippen molar-refractivity contribution in [3.8, 4) is 0 Å². The molecule has 26 heavy (non-hydrogen) atoms. The van der Waals surface area contributed by atoms with Gasteiger partial charge in [0.25, 0.3) is 11.8 Å². The summed E-state index contributed by atoms with van der Waals surface area (Å²) in [5.74, 6) is -0.106. The monoisotopic (exact) mass is 393 g/mol. The van der Waals surface area contributed by atoms with E-state index in [1.165, 1.54) is 0 Å². The number of amides is 2. The van der Waals surface area contributed by atoms with Crippen LogP contribution >= 0.6 is 24.0 Å². The highest BCUT2D eigenvalue weighted by Gasteiger charge is 2.23. The van der Waals surface area contributed by atoms with Crippen molar-refractivity contribution in [2.75, 3.05) is 31.9 Å². The van der Waals surface area contributed by atoms with Crippen LogP contribution in [0.3, 0.4) is 0 Å². The van der Waals surface area contributed by atoms with Gasteiger partial charge in [-0.1, -0.05) is 23.7 Å². The highest BCUT2D eigenvalue weighted by molar-refractivity contribution is 6.30. The minimum Gasteiger partial charge on any atom is -0.399 e. The standard InChI is InChI=1S/C19H20ClN3O2.ClH/c20-16-6-1-4-14(12-16)18(24)22-8-3-9-23(11-10-22)19(25)15-5-2-7-17(21)13-15;/h1-2,4-7,12-13H,3,8-11,21H2;1H. The van der Waals surface area contributed by atoms with E-state index in [2.05, 4.69) is 0 Å². The summed E-state index contributed by atoms with van der Waals surface area (Å²) in [5.41, 5.74) is 7.48. The van der Waals surface area contributed by atoms with Crippen molar-refractivity contribution in [3.05, 3.63) is 64.7 Å². The lowest BCUT2D eigenvalue weighted by atomic mass is 10.1. The summed E-state index contributed by atoms with van der Waals surface area (Å²) in [6.45, 7) is 2.23. The lowest BCUT2D eigenvalue weighted by molar-refractivity contribution is 0.0719. The minimum absolute atomic E-state index is 0. The van der Waals surface area contributed by atoms with Gasteiger partial charge < -0.3 is 15.5 Å². The third kappa shape index (κ3) is 4.68. The van der Waals surface area contributed by atoms with Crippen molar-refractivity contribution < 1.29 is 9.59 Å². The molecule has 0 spiro atoms.